The molecule has 0 saturated carbocycles. The van der Waals surface area contributed by atoms with Gasteiger partial charge in [0.05, 0.1) is 11.1 Å². The second kappa shape index (κ2) is 5.23. The first-order chi connectivity index (χ1) is 10.00. The van der Waals surface area contributed by atoms with E-state index in [0.717, 1.165) is 0 Å². The molecule has 0 spiro atoms. The van der Waals surface area contributed by atoms with E-state index in [4.69, 9.17) is 5.73 Å². The Balaban J connectivity index is 2.79. The van der Waals surface area contributed by atoms with E-state index in [0.29, 0.717) is 11.6 Å². The second-order valence-electron chi connectivity index (χ2n) is 4.85. The van der Waals surface area contributed by atoms with Gasteiger partial charge in [-0.3, -0.25) is 0 Å². The molecule has 0 atom stereocenters. The van der Waals surface area contributed by atoms with Crippen molar-refractivity contribution in [1.82, 2.24) is 0 Å². The number of halogens is 6. The van der Waals surface area contributed by atoms with Crippen molar-refractivity contribution in [3.8, 4) is 11.1 Å². The SMILES string of the molecule is Cc1cccc(-c2c(N)cc(C(F)(F)F)cc2C(F)(F)F)c1. The Labute approximate surface area is 122 Å². The Hall–Kier alpha value is -2.18. The van der Waals surface area contributed by atoms with Gasteiger partial charge in [-0.1, -0.05) is 29.8 Å². The zero-order valence-electron chi connectivity index (χ0n) is 11.3. The van der Waals surface area contributed by atoms with Crippen LogP contribution in [-0.4, -0.2) is 0 Å². The fraction of sp³-hybridized carbons (Fsp3) is 0.200. The van der Waals surface area contributed by atoms with E-state index >= 15 is 0 Å². The summed E-state index contributed by atoms with van der Waals surface area (Å²) in [7, 11) is 0. The van der Waals surface area contributed by atoms with Gasteiger partial charge in [0.1, 0.15) is 0 Å². The molecule has 118 valence electrons. The Morgan fingerprint density at radius 2 is 1.50 bits per heavy atom. The highest BCUT2D eigenvalue weighted by Crippen LogP contribution is 2.44. The number of benzene rings is 2. The molecule has 0 unspecified atom stereocenters. The van der Waals surface area contributed by atoms with Crippen LogP contribution in [-0.2, 0) is 12.4 Å². The van der Waals surface area contributed by atoms with Crippen LogP contribution < -0.4 is 5.73 Å². The minimum atomic E-state index is -4.95. The van der Waals surface area contributed by atoms with Crippen LogP contribution in [0.15, 0.2) is 36.4 Å². The van der Waals surface area contributed by atoms with E-state index in [2.05, 4.69) is 0 Å². The minimum absolute atomic E-state index is 0.0913. The Morgan fingerprint density at radius 1 is 0.864 bits per heavy atom. The highest BCUT2D eigenvalue weighted by atomic mass is 19.4. The Bertz CT molecular complexity index is 700. The first-order valence-corrected chi connectivity index (χ1v) is 6.15. The maximum atomic E-state index is 13.2. The molecule has 2 rings (SSSR count). The lowest BCUT2D eigenvalue weighted by atomic mass is 9.94. The topological polar surface area (TPSA) is 26.0 Å². The van der Waals surface area contributed by atoms with Crippen LogP contribution in [0.1, 0.15) is 16.7 Å². The number of hydrogen-bond donors (Lipinski definition) is 1. The minimum Gasteiger partial charge on any atom is -0.398 e. The van der Waals surface area contributed by atoms with Crippen molar-refractivity contribution >= 4 is 5.69 Å². The van der Waals surface area contributed by atoms with Crippen LogP contribution >= 0.6 is 0 Å². The van der Waals surface area contributed by atoms with Crippen molar-refractivity contribution < 1.29 is 26.3 Å². The van der Waals surface area contributed by atoms with Crippen LogP contribution in [0.3, 0.4) is 0 Å². The van der Waals surface area contributed by atoms with E-state index in [-0.39, 0.29) is 11.6 Å². The summed E-state index contributed by atoms with van der Waals surface area (Å²) in [6.45, 7) is 1.66. The number of alkyl halides is 6. The Kier molecular flexibility index (Phi) is 3.85. The highest BCUT2D eigenvalue weighted by Gasteiger charge is 2.39. The standard InChI is InChI=1S/C15H11F6N/c1-8-3-2-4-9(5-8)13-11(15(19,20)21)6-10(7-12(13)22)14(16,17)18/h2-7H,22H2,1H3. The zero-order chi connectivity index (χ0) is 16.7. The van der Waals surface area contributed by atoms with Crippen LogP contribution in [0.5, 0.6) is 0 Å². The van der Waals surface area contributed by atoms with Gasteiger partial charge in [0.2, 0.25) is 0 Å². The predicted octanol–water partition coefficient (Wildman–Crippen LogP) is 5.28. The summed E-state index contributed by atoms with van der Waals surface area (Å²) < 4.78 is 77.6. The summed E-state index contributed by atoms with van der Waals surface area (Å²) >= 11 is 0. The van der Waals surface area contributed by atoms with Crippen molar-refractivity contribution in [2.75, 3.05) is 5.73 Å². The maximum Gasteiger partial charge on any atom is 0.417 e. The Morgan fingerprint density at radius 3 is 2.00 bits per heavy atom. The molecular weight excluding hydrogens is 308 g/mol. The number of anilines is 1. The highest BCUT2D eigenvalue weighted by molar-refractivity contribution is 5.81. The molecule has 0 fully saturated rings. The molecule has 2 aromatic carbocycles. The van der Waals surface area contributed by atoms with Gasteiger partial charge in [0.15, 0.2) is 0 Å². The van der Waals surface area contributed by atoms with Gasteiger partial charge in [-0.05, 0) is 24.6 Å². The third-order valence-corrected chi connectivity index (χ3v) is 3.11. The normalized spacial score (nSPS) is 12.5. The molecule has 2 aromatic rings. The largest absolute Gasteiger partial charge is 0.417 e. The summed E-state index contributed by atoms with van der Waals surface area (Å²) in [6.07, 6.45) is -9.85. The van der Waals surface area contributed by atoms with Crippen molar-refractivity contribution in [2.24, 2.45) is 0 Å². The number of nitrogens with two attached hydrogens (primary N) is 1. The summed E-state index contributed by atoms with van der Waals surface area (Å²) in [5, 5.41) is 0. The molecule has 0 radical (unpaired) electrons. The van der Waals surface area contributed by atoms with Gasteiger partial charge in [0, 0.05) is 11.3 Å². The molecule has 7 heteroatoms. The lowest BCUT2D eigenvalue weighted by molar-refractivity contribution is -0.142. The van der Waals surface area contributed by atoms with Gasteiger partial charge in [0.25, 0.3) is 0 Å². The quantitative estimate of drug-likeness (QED) is 0.561. The van der Waals surface area contributed by atoms with Gasteiger partial charge in [-0.25, -0.2) is 0 Å². The van der Waals surface area contributed by atoms with E-state index in [9.17, 15) is 26.3 Å². The smallest absolute Gasteiger partial charge is 0.398 e. The van der Waals surface area contributed by atoms with E-state index < -0.39 is 34.7 Å². The van der Waals surface area contributed by atoms with E-state index in [1.807, 2.05) is 0 Å². The average Bonchev–Trinajstić information content (AvgIpc) is 2.35. The van der Waals surface area contributed by atoms with Crippen molar-refractivity contribution in [3.63, 3.8) is 0 Å². The number of aryl methyl sites for hydroxylation is 1. The van der Waals surface area contributed by atoms with Crippen molar-refractivity contribution in [3.05, 3.63) is 53.1 Å². The summed E-state index contributed by atoms with van der Waals surface area (Å²) in [5.41, 5.74) is 2.47. The van der Waals surface area contributed by atoms with Crippen molar-refractivity contribution in [2.45, 2.75) is 19.3 Å². The molecule has 0 saturated heterocycles. The fourth-order valence-corrected chi connectivity index (χ4v) is 2.17. The number of nitrogen functional groups attached to an aromatic ring is 1. The molecule has 2 N–H and O–H groups in total. The molecule has 0 aromatic heterocycles. The van der Waals surface area contributed by atoms with Crippen LogP contribution in [0.4, 0.5) is 32.0 Å². The fourth-order valence-electron chi connectivity index (χ4n) is 2.17. The van der Waals surface area contributed by atoms with Crippen molar-refractivity contribution in [1.29, 1.82) is 0 Å². The van der Waals surface area contributed by atoms with Gasteiger partial charge < -0.3 is 5.73 Å². The first kappa shape index (κ1) is 16.2. The molecule has 22 heavy (non-hydrogen) atoms. The first-order valence-electron chi connectivity index (χ1n) is 6.15. The molecule has 0 amide bonds. The van der Waals surface area contributed by atoms with E-state index in [1.54, 1.807) is 13.0 Å². The molecular formula is C15H11F6N. The van der Waals surface area contributed by atoms with Crippen LogP contribution in [0.2, 0.25) is 0 Å². The summed E-state index contributed by atoms with van der Waals surface area (Å²) in [6, 6.07) is 6.61. The average molecular weight is 319 g/mol. The van der Waals surface area contributed by atoms with Gasteiger partial charge >= 0.3 is 12.4 Å². The molecule has 0 aliphatic heterocycles. The van der Waals surface area contributed by atoms with Gasteiger partial charge in [-0.2, -0.15) is 26.3 Å². The molecule has 1 nitrogen and oxygen atoms in total. The third-order valence-electron chi connectivity index (χ3n) is 3.11. The second-order valence-corrected chi connectivity index (χ2v) is 4.85. The lowest BCUT2D eigenvalue weighted by Crippen LogP contribution is -2.14. The molecule has 0 heterocycles. The number of hydrogen-bond acceptors (Lipinski definition) is 1. The summed E-state index contributed by atoms with van der Waals surface area (Å²) in [5.74, 6) is 0. The molecule has 0 bridgehead atoms. The van der Waals surface area contributed by atoms with Gasteiger partial charge in [-0.15, -0.1) is 0 Å². The molecule has 0 aliphatic carbocycles. The lowest BCUT2D eigenvalue weighted by Gasteiger charge is -2.18. The van der Waals surface area contributed by atoms with Crippen LogP contribution in [0.25, 0.3) is 11.1 Å². The zero-order valence-corrected chi connectivity index (χ0v) is 11.3. The maximum absolute atomic E-state index is 13.2. The van der Waals surface area contributed by atoms with E-state index in [1.165, 1.54) is 18.2 Å². The molecule has 0 aliphatic rings. The van der Waals surface area contributed by atoms with Crippen LogP contribution in [0, 0.1) is 6.92 Å². The monoisotopic (exact) mass is 319 g/mol. The predicted molar refractivity (Wildman–Crippen MR) is 71.0 cm³/mol. The third kappa shape index (κ3) is 3.18. The number of rotatable bonds is 1. The summed E-state index contributed by atoms with van der Waals surface area (Å²) in [4.78, 5) is 0.